The first-order valence-electron chi connectivity index (χ1n) is 4.53. The lowest BCUT2D eigenvalue weighted by molar-refractivity contribution is -0.145. The van der Waals surface area contributed by atoms with Crippen molar-refractivity contribution in [2.45, 2.75) is 25.8 Å². The molecule has 1 N–H and O–H groups in total. The van der Waals surface area contributed by atoms with Crippen LogP contribution in [0.25, 0.3) is 0 Å². The van der Waals surface area contributed by atoms with E-state index in [1.165, 1.54) is 0 Å². The smallest absolute Gasteiger partial charge is 0.320 e. The van der Waals surface area contributed by atoms with Crippen LogP contribution in [0.1, 0.15) is 19.8 Å². The third kappa shape index (κ3) is 4.81. The summed E-state index contributed by atoms with van der Waals surface area (Å²) < 4.78 is 4.70. The van der Waals surface area contributed by atoms with Gasteiger partial charge in [-0.05, 0) is 27.4 Å². The van der Waals surface area contributed by atoms with Gasteiger partial charge in [0.1, 0.15) is 6.04 Å². The van der Waals surface area contributed by atoms with Crippen LogP contribution in [0.4, 0.5) is 0 Å². The van der Waals surface area contributed by atoms with Gasteiger partial charge in [0.2, 0.25) is 0 Å². The predicted molar refractivity (Wildman–Crippen MR) is 51.0 cm³/mol. The van der Waals surface area contributed by atoms with E-state index >= 15 is 0 Å². The maximum atomic E-state index is 11.0. The van der Waals surface area contributed by atoms with Crippen LogP contribution in [-0.4, -0.2) is 48.7 Å². The zero-order valence-corrected chi connectivity index (χ0v) is 8.82. The molecule has 0 bridgehead atoms. The van der Waals surface area contributed by atoms with Gasteiger partial charge < -0.3 is 9.84 Å². The predicted octanol–water partition coefficient (Wildman–Crippen LogP) is 0.344. The van der Waals surface area contributed by atoms with Crippen LogP contribution in [0.15, 0.2) is 0 Å². The molecule has 0 fully saturated rings. The van der Waals surface area contributed by atoms with Gasteiger partial charge in [-0.3, -0.25) is 14.5 Å². The number of hydrogen-bond donors (Lipinski definition) is 1. The minimum atomic E-state index is -0.917. The Kier molecular flexibility index (Phi) is 5.87. The van der Waals surface area contributed by atoms with E-state index in [0.29, 0.717) is 6.61 Å². The molecule has 0 radical (unpaired) electrons. The van der Waals surface area contributed by atoms with Crippen molar-refractivity contribution >= 4 is 11.9 Å². The maximum Gasteiger partial charge on any atom is 0.320 e. The summed E-state index contributed by atoms with van der Waals surface area (Å²) in [6.45, 7) is 2.05. The van der Waals surface area contributed by atoms with Crippen LogP contribution in [0, 0.1) is 0 Å². The highest BCUT2D eigenvalue weighted by molar-refractivity contribution is 5.75. The van der Waals surface area contributed by atoms with Crippen LogP contribution < -0.4 is 0 Å². The molecule has 0 saturated heterocycles. The summed E-state index contributed by atoms with van der Waals surface area (Å²) in [5.74, 6) is -1.26. The third-order valence-electron chi connectivity index (χ3n) is 1.84. The van der Waals surface area contributed by atoms with Gasteiger partial charge in [0.15, 0.2) is 0 Å². The lowest BCUT2D eigenvalue weighted by atomic mass is 10.1. The minimum Gasteiger partial charge on any atom is -0.480 e. The number of aliphatic carboxylic acids is 1. The molecule has 0 aliphatic carbocycles. The molecule has 0 aromatic rings. The van der Waals surface area contributed by atoms with Gasteiger partial charge in [0, 0.05) is 6.42 Å². The number of rotatable bonds is 6. The van der Waals surface area contributed by atoms with Crippen LogP contribution in [0.2, 0.25) is 0 Å². The molecule has 0 aliphatic heterocycles. The molecule has 1 atom stereocenters. The van der Waals surface area contributed by atoms with Gasteiger partial charge in [-0.25, -0.2) is 0 Å². The van der Waals surface area contributed by atoms with Gasteiger partial charge in [-0.1, -0.05) is 0 Å². The average Bonchev–Trinajstić information content (AvgIpc) is 2.03. The Bertz CT molecular complexity index is 203. The number of esters is 1. The van der Waals surface area contributed by atoms with E-state index in [9.17, 15) is 9.59 Å². The van der Waals surface area contributed by atoms with E-state index in [2.05, 4.69) is 0 Å². The highest BCUT2D eigenvalue weighted by atomic mass is 16.5. The number of carboxylic acid groups (broad SMARTS) is 1. The molecule has 5 heteroatoms. The molecule has 5 nitrogen and oxygen atoms in total. The molecule has 14 heavy (non-hydrogen) atoms. The average molecular weight is 203 g/mol. The summed E-state index contributed by atoms with van der Waals surface area (Å²) in [7, 11) is 3.34. The fourth-order valence-corrected chi connectivity index (χ4v) is 1.09. The fraction of sp³-hybridized carbons (Fsp3) is 0.778. The quantitative estimate of drug-likeness (QED) is 0.631. The van der Waals surface area contributed by atoms with Crippen LogP contribution in [-0.2, 0) is 14.3 Å². The number of nitrogens with zero attached hydrogens (tertiary/aromatic N) is 1. The summed E-state index contributed by atoms with van der Waals surface area (Å²) >= 11 is 0. The highest BCUT2D eigenvalue weighted by Gasteiger charge is 2.20. The Hall–Kier alpha value is -1.10. The van der Waals surface area contributed by atoms with E-state index in [0.717, 1.165) is 0 Å². The summed E-state index contributed by atoms with van der Waals surface area (Å²) in [5.41, 5.74) is 0. The van der Waals surface area contributed by atoms with Crippen molar-refractivity contribution in [1.82, 2.24) is 4.90 Å². The van der Waals surface area contributed by atoms with Crippen LogP contribution >= 0.6 is 0 Å². The molecule has 0 rings (SSSR count). The van der Waals surface area contributed by atoms with Crippen molar-refractivity contribution in [1.29, 1.82) is 0 Å². The van der Waals surface area contributed by atoms with Gasteiger partial charge in [0.25, 0.3) is 0 Å². The lowest BCUT2D eigenvalue weighted by Crippen LogP contribution is -2.36. The van der Waals surface area contributed by atoms with Crippen LogP contribution in [0.3, 0.4) is 0 Å². The van der Waals surface area contributed by atoms with Crippen molar-refractivity contribution in [3.8, 4) is 0 Å². The highest BCUT2D eigenvalue weighted by Crippen LogP contribution is 2.04. The van der Waals surface area contributed by atoms with E-state index in [1.54, 1.807) is 25.9 Å². The number of hydrogen-bond acceptors (Lipinski definition) is 4. The molecule has 0 saturated carbocycles. The maximum absolute atomic E-state index is 11.0. The van der Waals surface area contributed by atoms with Gasteiger partial charge >= 0.3 is 11.9 Å². The number of ether oxygens (including phenoxy) is 1. The molecule has 0 amide bonds. The SMILES string of the molecule is CCOC(=O)CC[C@@H](C(=O)O)N(C)C. The Morgan fingerprint density at radius 1 is 1.43 bits per heavy atom. The van der Waals surface area contributed by atoms with Gasteiger partial charge in [-0.2, -0.15) is 0 Å². The minimum absolute atomic E-state index is 0.142. The molecule has 0 heterocycles. The Balaban J connectivity index is 3.94. The van der Waals surface area contributed by atoms with E-state index in [-0.39, 0.29) is 18.8 Å². The summed E-state index contributed by atoms with van der Waals surface area (Å²) in [5, 5.41) is 8.79. The zero-order chi connectivity index (χ0) is 11.1. The molecule has 0 aromatic carbocycles. The monoisotopic (exact) mass is 203 g/mol. The van der Waals surface area contributed by atoms with Gasteiger partial charge in [0.05, 0.1) is 6.61 Å². The van der Waals surface area contributed by atoms with Crippen molar-refractivity contribution in [2.75, 3.05) is 20.7 Å². The van der Waals surface area contributed by atoms with E-state index in [4.69, 9.17) is 9.84 Å². The number of likely N-dealkylation sites (N-methyl/N-ethyl adjacent to an activating group) is 1. The Labute approximate surface area is 83.6 Å². The second-order valence-electron chi connectivity index (χ2n) is 3.16. The van der Waals surface area contributed by atoms with E-state index < -0.39 is 12.0 Å². The lowest BCUT2D eigenvalue weighted by Gasteiger charge is -2.19. The van der Waals surface area contributed by atoms with Crippen molar-refractivity contribution in [3.05, 3.63) is 0 Å². The molecule has 82 valence electrons. The number of carbonyl (C=O) groups excluding carboxylic acids is 1. The molecule has 0 unspecified atom stereocenters. The molecular formula is C9H17NO4. The number of carboxylic acids is 1. The largest absolute Gasteiger partial charge is 0.480 e. The van der Waals surface area contributed by atoms with Crippen molar-refractivity contribution in [3.63, 3.8) is 0 Å². The third-order valence-corrected chi connectivity index (χ3v) is 1.84. The second kappa shape index (κ2) is 6.37. The number of carbonyl (C=O) groups is 2. The normalized spacial score (nSPS) is 12.6. The summed E-state index contributed by atoms with van der Waals surface area (Å²) in [4.78, 5) is 23.2. The van der Waals surface area contributed by atoms with Crippen molar-refractivity contribution < 1.29 is 19.4 Å². The molecule has 0 aromatic heterocycles. The molecule has 0 spiro atoms. The first-order chi connectivity index (χ1) is 6.49. The standard InChI is InChI=1S/C9H17NO4/c1-4-14-8(11)6-5-7(9(12)13)10(2)3/h7H,4-6H2,1-3H3,(H,12,13)/t7-/m0/s1. The Morgan fingerprint density at radius 3 is 2.36 bits per heavy atom. The molecule has 0 aliphatic rings. The fourth-order valence-electron chi connectivity index (χ4n) is 1.09. The second-order valence-corrected chi connectivity index (χ2v) is 3.16. The zero-order valence-electron chi connectivity index (χ0n) is 8.82. The topological polar surface area (TPSA) is 66.8 Å². The Morgan fingerprint density at radius 2 is 2.00 bits per heavy atom. The molecular weight excluding hydrogens is 186 g/mol. The summed E-state index contributed by atoms with van der Waals surface area (Å²) in [6.07, 6.45) is 0.421. The summed E-state index contributed by atoms with van der Waals surface area (Å²) in [6, 6.07) is -0.626. The van der Waals surface area contributed by atoms with E-state index in [1.807, 2.05) is 0 Å². The van der Waals surface area contributed by atoms with Gasteiger partial charge in [-0.15, -0.1) is 0 Å². The first-order valence-corrected chi connectivity index (χ1v) is 4.53. The first kappa shape index (κ1) is 12.9. The van der Waals surface area contributed by atoms with Crippen LogP contribution in [0.5, 0.6) is 0 Å². The van der Waals surface area contributed by atoms with Crippen molar-refractivity contribution in [2.24, 2.45) is 0 Å².